The van der Waals surface area contributed by atoms with Crippen molar-refractivity contribution in [3.05, 3.63) is 46.2 Å². The molecular formula is C12H13N3O2. The van der Waals surface area contributed by atoms with Gasteiger partial charge in [0.05, 0.1) is 5.69 Å². The molecule has 1 aromatic heterocycles. The van der Waals surface area contributed by atoms with Crippen LogP contribution in [0.4, 0.5) is 5.82 Å². The fourth-order valence-corrected chi connectivity index (χ4v) is 1.81. The lowest BCUT2D eigenvalue weighted by molar-refractivity contribution is 0.101. The van der Waals surface area contributed by atoms with Gasteiger partial charge in [0.1, 0.15) is 11.4 Å². The van der Waals surface area contributed by atoms with Gasteiger partial charge in [-0.05, 0) is 19.1 Å². The fourth-order valence-electron chi connectivity index (χ4n) is 1.81. The van der Waals surface area contributed by atoms with Crippen molar-refractivity contribution in [2.75, 3.05) is 5.73 Å². The standard InChI is InChI=1S/C12H13N3O2/c1-8(16)10-11(13)14(2)15(12(10)17)9-6-4-3-5-7-9/h3-7H,13H2,1-2H3. The van der Waals surface area contributed by atoms with Crippen molar-refractivity contribution < 1.29 is 4.79 Å². The van der Waals surface area contributed by atoms with E-state index in [1.54, 1.807) is 19.2 Å². The normalized spacial score (nSPS) is 10.5. The molecule has 17 heavy (non-hydrogen) atoms. The summed E-state index contributed by atoms with van der Waals surface area (Å²) in [6.07, 6.45) is 0. The Hall–Kier alpha value is -2.30. The van der Waals surface area contributed by atoms with Gasteiger partial charge in [-0.25, -0.2) is 4.68 Å². The first-order valence-corrected chi connectivity index (χ1v) is 5.18. The number of benzene rings is 1. The van der Waals surface area contributed by atoms with Crippen molar-refractivity contribution in [3.8, 4) is 5.69 Å². The van der Waals surface area contributed by atoms with E-state index in [2.05, 4.69) is 0 Å². The quantitative estimate of drug-likeness (QED) is 0.782. The largest absolute Gasteiger partial charge is 0.383 e. The van der Waals surface area contributed by atoms with E-state index in [-0.39, 0.29) is 22.7 Å². The molecular weight excluding hydrogens is 218 g/mol. The van der Waals surface area contributed by atoms with Crippen molar-refractivity contribution in [3.63, 3.8) is 0 Å². The molecule has 0 aliphatic rings. The van der Waals surface area contributed by atoms with E-state index in [0.29, 0.717) is 5.69 Å². The smallest absolute Gasteiger partial charge is 0.284 e. The number of nitrogen functional groups attached to an aromatic ring is 1. The summed E-state index contributed by atoms with van der Waals surface area (Å²) in [5, 5.41) is 0. The summed E-state index contributed by atoms with van der Waals surface area (Å²) in [4.78, 5) is 23.5. The number of carbonyl (C=O) groups excluding carboxylic acids is 1. The highest BCUT2D eigenvalue weighted by Gasteiger charge is 2.19. The first-order chi connectivity index (χ1) is 8.04. The predicted molar refractivity (Wildman–Crippen MR) is 65.4 cm³/mol. The minimum absolute atomic E-state index is 0.0383. The van der Waals surface area contributed by atoms with E-state index < -0.39 is 0 Å². The second-order valence-electron chi connectivity index (χ2n) is 3.79. The molecule has 0 aliphatic carbocycles. The predicted octanol–water partition coefficient (Wildman–Crippen LogP) is 0.961. The highest BCUT2D eigenvalue weighted by atomic mass is 16.2. The molecule has 0 saturated heterocycles. The Balaban J connectivity index is 2.77. The van der Waals surface area contributed by atoms with Crippen LogP contribution in [0.15, 0.2) is 35.1 Å². The topological polar surface area (TPSA) is 70.0 Å². The third kappa shape index (κ3) is 1.65. The van der Waals surface area contributed by atoms with Crippen LogP contribution >= 0.6 is 0 Å². The first kappa shape index (κ1) is 11.2. The zero-order valence-corrected chi connectivity index (χ0v) is 9.68. The fraction of sp³-hybridized carbons (Fsp3) is 0.167. The highest BCUT2D eigenvalue weighted by molar-refractivity contribution is 5.98. The number of carbonyl (C=O) groups is 1. The number of hydrogen-bond donors (Lipinski definition) is 1. The summed E-state index contributed by atoms with van der Waals surface area (Å²) in [5.41, 5.74) is 6.10. The average Bonchev–Trinajstić information content (AvgIpc) is 2.51. The number of ketones is 1. The lowest BCUT2D eigenvalue weighted by Gasteiger charge is -2.07. The van der Waals surface area contributed by atoms with Crippen molar-refractivity contribution in [2.24, 2.45) is 7.05 Å². The minimum atomic E-state index is -0.385. The molecule has 0 radical (unpaired) electrons. The summed E-state index contributed by atoms with van der Waals surface area (Å²) in [6, 6.07) is 9.05. The Morgan fingerprint density at radius 1 is 1.24 bits per heavy atom. The lowest BCUT2D eigenvalue weighted by atomic mass is 10.2. The van der Waals surface area contributed by atoms with Crippen molar-refractivity contribution in [1.29, 1.82) is 0 Å². The van der Waals surface area contributed by atoms with Crippen LogP contribution in [0.25, 0.3) is 5.69 Å². The molecule has 2 rings (SSSR count). The van der Waals surface area contributed by atoms with Gasteiger partial charge in [0.25, 0.3) is 5.56 Å². The molecule has 5 heteroatoms. The van der Waals surface area contributed by atoms with Gasteiger partial charge in [-0.1, -0.05) is 18.2 Å². The maximum atomic E-state index is 12.1. The van der Waals surface area contributed by atoms with Gasteiger partial charge in [-0.15, -0.1) is 0 Å². The Bertz CT molecular complexity index is 623. The lowest BCUT2D eigenvalue weighted by Crippen LogP contribution is -2.21. The van der Waals surface area contributed by atoms with Gasteiger partial charge in [0.2, 0.25) is 0 Å². The first-order valence-electron chi connectivity index (χ1n) is 5.18. The van der Waals surface area contributed by atoms with E-state index in [0.717, 1.165) is 0 Å². The molecule has 0 atom stereocenters. The van der Waals surface area contributed by atoms with Crippen LogP contribution in [-0.2, 0) is 7.05 Å². The molecule has 1 aromatic carbocycles. The molecule has 0 saturated carbocycles. The number of Topliss-reactive ketones (excluding diaryl/α,β-unsaturated/α-hetero) is 1. The Morgan fingerprint density at radius 3 is 2.29 bits per heavy atom. The summed E-state index contributed by atoms with van der Waals surface area (Å²) in [7, 11) is 1.65. The number of hydrogen-bond acceptors (Lipinski definition) is 3. The van der Waals surface area contributed by atoms with Crippen molar-refractivity contribution in [1.82, 2.24) is 9.36 Å². The second kappa shape index (κ2) is 3.93. The van der Waals surface area contributed by atoms with Crippen LogP contribution in [0.3, 0.4) is 0 Å². The van der Waals surface area contributed by atoms with Gasteiger partial charge >= 0.3 is 0 Å². The number of anilines is 1. The maximum Gasteiger partial charge on any atom is 0.284 e. The zero-order valence-electron chi connectivity index (χ0n) is 9.68. The van der Waals surface area contributed by atoms with Crippen LogP contribution in [-0.4, -0.2) is 15.1 Å². The maximum absolute atomic E-state index is 12.1. The van der Waals surface area contributed by atoms with E-state index >= 15 is 0 Å². The Kier molecular flexibility index (Phi) is 2.59. The molecule has 2 N–H and O–H groups in total. The number of aromatic nitrogens is 2. The Labute approximate surface area is 98.1 Å². The molecule has 88 valence electrons. The Morgan fingerprint density at radius 2 is 1.82 bits per heavy atom. The van der Waals surface area contributed by atoms with E-state index in [9.17, 15) is 9.59 Å². The molecule has 1 heterocycles. The molecule has 0 spiro atoms. The van der Waals surface area contributed by atoms with Crippen molar-refractivity contribution in [2.45, 2.75) is 6.92 Å². The van der Waals surface area contributed by atoms with Crippen molar-refractivity contribution >= 4 is 11.6 Å². The minimum Gasteiger partial charge on any atom is -0.383 e. The van der Waals surface area contributed by atoms with Gasteiger partial charge in [-0.3, -0.25) is 14.3 Å². The van der Waals surface area contributed by atoms with Crippen LogP contribution in [0, 0.1) is 0 Å². The summed E-state index contributed by atoms with van der Waals surface area (Å²) in [5.74, 6) is -0.135. The molecule has 0 bridgehead atoms. The van der Waals surface area contributed by atoms with Gasteiger partial charge in [0.15, 0.2) is 5.78 Å². The van der Waals surface area contributed by atoms with E-state index in [1.165, 1.54) is 16.3 Å². The molecule has 0 aliphatic heterocycles. The zero-order chi connectivity index (χ0) is 12.6. The number of rotatable bonds is 2. The van der Waals surface area contributed by atoms with Gasteiger partial charge in [-0.2, -0.15) is 0 Å². The van der Waals surface area contributed by atoms with E-state index in [4.69, 9.17) is 5.73 Å². The van der Waals surface area contributed by atoms with Crippen LogP contribution in [0.5, 0.6) is 0 Å². The average molecular weight is 231 g/mol. The second-order valence-corrected chi connectivity index (χ2v) is 3.79. The summed E-state index contributed by atoms with van der Waals surface area (Å²) >= 11 is 0. The molecule has 0 unspecified atom stereocenters. The summed E-state index contributed by atoms with van der Waals surface area (Å²) in [6.45, 7) is 1.34. The van der Waals surface area contributed by atoms with E-state index in [1.807, 2.05) is 18.2 Å². The number of nitrogens with two attached hydrogens (primary N) is 1. The van der Waals surface area contributed by atoms with Gasteiger partial charge < -0.3 is 5.73 Å². The molecule has 5 nitrogen and oxygen atoms in total. The number of nitrogens with zero attached hydrogens (tertiary/aromatic N) is 2. The molecule has 0 fully saturated rings. The number of para-hydroxylation sites is 1. The third-order valence-corrected chi connectivity index (χ3v) is 2.66. The molecule has 2 aromatic rings. The molecule has 0 amide bonds. The van der Waals surface area contributed by atoms with Crippen LogP contribution < -0.4 is 11.3 Å². The summed E-state index contributed by atoms with van der Waals surface area (Å²) < 4.78 is 2.86. The highest BCUT2D eigenvalue weighted by Crippen LogP contribution is 2.12. The van der Waals surface area contributed by atoms with Crippen LogP contribution in [0.1, 0.15) is 17.3 Å². The monoisotopic (exact) mass is 231 g/mol. The SMILES string of the molecule is CC(=O)c1c(N)n(C)n(-c2ccccc2)c1=O. The third-order valence-electron chi connectivity index (χ3n) is 2.66. The van der Waals surface area contributed by atoms with Crippen LogP contribution in [0.2, 0.25) is 0 Å². The van der Waals surface area contributed by atoms with Gasteiger partial charge in [0, 0.05) is 7.05 Å².